The fourth-order valence-electron chi connectivity index (χ4n) is 3.11. The summed E-state index contributed by atoms with van der Waals surface area (Å²) < 4.78 is 40.7. The lowest BCUT2D eigenvalue weighted by molar-refractivity contribution is -0.138. The molecule has 0 fully saturated rings. The quantitative estimate of drug-likeness (QED) is 0.216. The molecule has 2 N–H and O–H groups in total. The van der Waals surface area contributed by atoms with Crippen molar-refractivity contribution < 1.29 is 27.9 Å². The SMILES string of the molecule is C/C(=N\OCc1ccc(-c2cccs2)c(C(F)(F)F)c1)c1ccc(CNCCC(=O)O)cc1. The van der Waals surface area contributed by atoms with E-state index in [-0.39, 0.29) is 18.6 Å². The standard InChI is InChI=1S/C24H23F3N2O3S/c1-16(19-7-4-17(5-8-19)14-28-11-10-23(30)31)29-32-15-18-6-9-20(22-3-2-12-33-22)21(13-18)24(25,26)27/h2-9,12-13,28H,10-11,14-15H2,1H3,(H,30,31)/b29-16+. The molecule has 2 aromatic carbocycles. The highest BCUT2D eigenvalue weighted by Crippen LogP contribution is 2.39. The van der Waals surface area contributed by atoms with Gasteiger partial charge in [-0.25, -0.2) is 0 Å². The van der Waals surface area contributed by atoms with Crippen molar-refractivity contribution in [1.82, 2.24) is 5.32 Å². The summed E-state index contributed by atoms with van der Waals surface area (Å²) in [6, 6.07) is 15.1. The fraction of sp³-hybridized carbons (Fsp3) is 0.250. The Morgan fingerprint density at radius 1 is 1.12 bits per heavy atom. The molecule has 0 spiro atoms. The van der Waals surface area contributed by atoms with Gasteiger partial charge in [0.15, 0.2) is 0 Å². The number of carboxylic acids is 1. The van der Waals surface area contributed by atoms with Crippen LogP contribution in [0.1, 0.15) is 35.6 Å². The van der Waals surface area contributed by atoms with E-state index in [1.807, 2.05) is 24.3 Å². The molecule has 0 aliphatic rings. The maximum Gasteiger partial charge on any atom is 0.417 e. The van der Waals surface area contributed by atoms with Crippen LogP contribution in [0.25, 0.3) is 10.4 Å². The van der Waals surface area contributed by atoms with Crippen LogP contribution in [0.4, 0.5) is 13.2 Å². The Morgan fingerprint density at radius 3 is 2.48 bits per heavy atom. The van der Waals surface area contributed by atoms with E-state index < -0.39 is 17.7 Å². The molecule has 0 atom stereocenters. The van der Waals surface area contributed by atoms with Gasteiger partial charge in [0.25, 0.3) is 0 Å². The lowest BCUT2D eigenvalue weighted by Crippen LogP contribution is -2.17. The predicted octanol–water partition coefficient (Wildman–Crippen LogP) is 5.94. The van der Waals surface area contributed by atoms with E-state index in [1.54, 1.807) is 30.5 Å². The normalized spacial score (nSPS) is 12.1. The van der Waals surface area contributed by atoms with Crippen LogP contribution in [0.3, 0.4) is 0 Å². The second-order valence-electron chi connectivity index (χ2n) is 7.32. The molecule has 3 rings (SSSR count). The monoisotopic (exact) mass is 476 g/mol. The largest absolute Gasteiger partial charge is 0.481 e. The summed E-state index contributed by atoms with van der Waals surface area (Å²) in [5.74, 6) is -0.849. The van der Waals surface area contributed by atoms with Crippen molar-refractivity contribution in [2.45, 2.75) is 32.7 Å². The number of thiophene rings is 1. The molecule has 1 aromatic heterocycles. The number of nitrogens with zero attached hydrogens (tertiary/aromatic N) is 1. The summed E-state index contributed by atoms with van der Waals surface area (Å²) in [7, 11) is 0. The van der Waals surface area contributed by atoms with E-state index in [0.29, 0.717) is 29.2 Å². The van der Waals surface area contributed by atoms with Crippen molar-refractivity contribution in [3.05, 3.63) is 82.2 Å². The van der Waals surface area contributed by atoms with Gasteiger partial charge in [-0.05, 0) is 41.1 Å². The molecule has 0 radical (unpaired) electrons. The van der Waals surface area contributed by atoms with Crippen molar-refractivity contribution in [3.63, 3.8) is 0 Å². The molecule has 0 saturated carbocycles. The first-order valence-corrected chi connectivity index (χ1v) is 11.0. The van der Waals surface area contributed by atoms with E-state index in [2.05, 4.69) is 10.5 Å². The van der Waals surface area contributed by atoms with Gasteiger partial charge >= 0.3 is 12.1 Å². The number of alkyl halides is 3. The van der Waals surface area contributed by atoms with Crippen LogP contribution in [0.15, 0.2) is 65.1 Å². The summed E-state index contributed by atoms with van der Waals surface area (Å²) in [6.07, 6.45) is -4.42. The summed E-state index contributed by atoms with van der Waals surface area (Å²) >= 11 is 1.26. The molecule has 0 aliphatic carbocycles. The summed E-state index contributed by atoms with van der Waals surface area (Å²) in [5.41, 5.74) is 2.23. The van der Waals surface area contributed by atoms with Crippen LogP contribution in [-0.4, -0.2) is 23.3 Å². The Kier molecular flexibility index (Phi) is 8.24. The Hall–Kier alpha value is -3.17. The number of benzene rings is 2. The Morgan fingerprint density at radius 2 is 1.85 bits per heavy atom. The van der Waals surface area contributed by atoms with Gasteiger partial charge < -0.3 is 15.3 Å². The third-order valence-corrected chi connectivity index (χ3v) is 5.73. The van der Waals surface area contributed by atoms with Crippen LogP contribution < -0.4 is 5.32 Å². The lowest BCUT2D eigenvalue weighted by Gasteiger charge is -2.13. The molecule has 1 heterocycles. The maximum absolute atomic E-state index is 13.6. The zero-order valence-electron chi connectivity index (χ0n) is 17.9. The van der Waals surface area contributed by atoms with Gasteiger partial charge in [-0.2, -0.15) is 13.2 Å². The average Bonchev–Trinajstić information content (AvgIpc) is 3.31. The van der Waals surface area contributed by atoms with Gasteiger partial charge in [-0.1, -0.05) is 47.6 Å². The van der Waals surface area contributed by atoms with E-state index in [1.165, 1.54) is 17.4 Å². The fourth-order valence-corrected chi connectivity index (χ4v) is 3.88. The number of rotatable bonds is 10. The molecule has 0 unspecified atom stereocenters. The first-order chi connectivity index (χ1) is 15.7. The topological polar surface area (TPSA) is 70.9 Å². The van der Waals surface area contributed by atoms with Crippen LogP contribution in [0.5, 0.6) is 0 Å². The Bertz CT molecular complexity index is 1100. The molecule has 0 saturated heterocycles. The average molecular weight is 477 g/mol. The predicted molar refractivity (Wildman–Crippen MR) is 122 cm³/mol. The van der Waals surface area contributed by atoms with Gasteiger partial charge in [0.1, 0.15) is 6.61 Å². The van der Waals surface area contributed by atoms with Crippen LogP contribution >= 0.6 is 11.3 Å². The molecule has 5 nitrogen and oxygen atoms in total. The molecule has 3 aromatic rings. The third-order valence-electron chi connectivity index (χ3n) is 4.83. The highest BCUT2D eigenvalue weighted by molar-refractivity contribution is 7.13. The van der Waals surface area contributed by atoms with E-state index in [0.717, 1.165) is 17.2 Å². The van der Waals surface area contributed by atoms with Gasteiger partial charge in [-0.3, -0.25) is 4.79 Å². The summed E-state index contributed by atoms with van der Waals surface area (Å²) in [4.78, 5) is 16.4. The number of aliphatic carboxylic acids is 1. The van der Waals surface area contributed by atoms with Gasteiger partial charge in [0.2, 0.25) is 0 Å². The zero-order valence-corrected chi connectivity index (χ0v) is 18.7. The molecular weight excluding hydrogens is 453 g/mol. The smallest absolute Gasteiger partial charge is 0.417 e. The van der Waals surface area contributed by atoms with Crippen molar-refractivity contribution >= 4 is 23.0 Å². The number of carboxylic acid groups (broad SMARTS) is 1. The molecule has 33 heavy (non-hydrogen) atoms. The second-order valence-corrected chi connectivity index (χ2v) is 8.27. The number of hydrogen-bond acceptors (Lipinski definition) is 5. The van der Waals surface area contributed by atoms with Crippen LogP contribution in [-0.2, 0) is 29.0 Å². The molecular formula is C24H23F3N2O3S. The van der Waals surface area contributed by atoms with Gasteiger partial charge in [0, 0.05) is 23.5 Å². The molecule has 0 amide bonds. The number of carbonyl (C=O) groups is 1. The minimum absolute atomic E-state index is 0.0579. The molecule has 9 heteroatoms. The van der Waals surface area contributed by atoms with Gasteiger partial charge in [0.05, 0.1) is 17.7 Å². The van der Waals surface area contributed by atoms with Crippen molar-refractivity contribution in [3.8, 4) is 10.4 Å². The molecule has 0 bridgehead atoms. The zero-order chi connectivity index (χ0) is 23.8. The maximum atomic E-state index is 13.6. The highest BCUT2D eigenvalue weighted by Gasteiger charge is 2.34. The Balaban J connectivity index is 1.60. The third kappa shape index (κ3) is 7.16. The minimum atomic E-state index is -4.47. The highest BCUT2D eigenvalue weighted by atomic mass is 32.1. The van der Waals surface area contributed by atoms with Crippen molar-refractivity contribution in [2.75, 3.05) is 6.54 Å². The number of halogens is 3. The van der Waals surface area contributed by atoms with E-state index in [9.17, 15) is 18.0 Å². The number of oxime groups is 1. The lowest BCUT2D eigenvalue weighted by atomic mass is 10.0. The first kappa shape index (κ1) is 24.5. The summed E-state index contributed by atoms with van der Waals surface area (Å²) in [5, 5.41) is 17.5. The summed E-state index contributed by atoms with van der Waals surface area (Å²) in [6.45, 7) is 2.59. The number of nitrogens with one attached hydrogen (secondary N) is 1. The van der Waals surface area contributed by atoms with Gasteiger partial charge in [-0.15, -0.1) is 11.3 Å². The van der Waals surface area contributed by atoms with Crippen LogP contribution in [0.2, 0.25) is 0 Å². The van der Waals surface area contributed by atoms with Crippen molar-refractivity contribution in [2.24, 2.45) is 5.16 Å². The minimum Gasteiger partial charge on any atom is -0.481 e. The van der Waals surface area contributed by atoms with Crippen molar-refractivity contribution in [1.29, 1.82) is 0 Å². The van der Waals surface area contributed by atoms with Crippen LogP contribution in [0, 0.1) is 0 Å². The van der Waals surface area contributed by atoms with E-state index >= 15 is 0 Å². The number of hydrogen-bond donors (Lipinski definition) is 2. The second kappa shape index (κ2) is 11.1. The first-order valence-electron chi connectivity index (χ1n) is 10.2. The Labute approximate surface area is 193 Å². The van der Waals surface area contributed by atoms with E-state index in [4.69, 9.17) is 9.94 Å². The molecule has 174 valence electrons. The molecule has 0 aliphatic heterocycles.